The minimum absolute atomic E-state index is 0.0917. The first-order valence-corrected chi connectivity index (χ1v) is 7.44. The molecular formula is C16H22ClNO4. The monoisotopic (exact) mass is 327 g/mol. The number of esters is 1. The molecule has 0 aliphatic heterocycles. The molecule has 0 aromatic heterocycles. The lowest BCUT2D eigenvalue weighted by atomic mass is 10.0. The summed E-state index contributed by atoms with van der Waals surface area (Å²) >= 11 is 6.11. The van der Waals surface area contributed by atoms with E-state index < -0.39 is 12.0 Å². The van der Waals surface area contributed by atoms with Gasteiger partial charge in [-0.1, -0.05) is 31.5 Å². The van der Waals surface area contributed by atoms with Crippen LogP contribution in [0.4, 0.5) is 0 Å². The summed E-state index contributed by atoms with van der Waals surface area (Å²) in [7, 11) is 2.85. The molecule has 1 aromatic rings. The van der Waals surface area contributed by atoms with Crippen molar-refractivity contribution in [3.05, 3.63) is 28.8 Å². The number of nitrogens with one attached hydrogen (secondary N) is 1. The number of carbonyl (C=O) groups is 2. The van der Waals surface area contributed by atoms with Gasteiger partial charge in [-0.2, -0.15) is 0 Å². The lowest BCUT2D eigenvalue weighted by Crippen LogP contribution is -2.43. The van der Waals surface area contributed by atoms with E-state index in [4.69, 9.17) is 21.1 Å². The smallest absolute Gasteiger partial charge is 0.328 e. The van der Waals surface area contributed by atoms with Crippen LogP contribution < -0.4 is 10.1 Å². The van der Waals surface area contributed by atoms with Crippen molar-refractivity contribution in [3.63, 3.8) is 0 Å². The molecule has 0 bridgehead atoms. The van der Waals surface area contributed by atoms with Crippen molar-refractivity contribution in [1.29, 1.82) is 0 Å². The predicted octanol–water partition coefficient (Wildman–Crippen LogP) is 2.60. The first-order chi connectivity index (χ1) is 10.4. The second-order valence-electron chi connectivity index (χ2n) is 5.41. The Balaban J connectivity index is 2.72. The van der Waals surface area contributed by atoms with Crippen LogP contribution in [0.5, 0.6) is 5.75 Å². The number of benzene rings is 1. The standard InChI is InChI=1S/C16H22ClNO4/c1-10(2)7-14(16(20)22-4)18-15(19)8-11-5-6-12(21-3)9-13(11)17/h5-6,9-10,14H,7-8H2,1-4H3,(H,18,19)/t14-/m0/s1. The van der Waals surface area contributed by atoms with E-state index in [9.17, 15) is 9.59 Å². The highest BCUT2D eigenvalue weighted by molar-refractivity contribution is 6.31. The number of rotatable bonds is 7. The van der Waals surface area contributed by atoms with Gasteiger partial charge < -0.3 is 14.8 Å². The van der Waals surface area contributed by atoms with Crippen LogP contribution in [-0.2, 0) is 20.7 Å². The molecule has 0 unspecified atom stereocenters. The van der Waals surface area contributed by atoms with E-state index >= 15 is 0 Å². The fourth-order valence-corrected chi connectivity index (χ4v) is 2.28. The van der Waals surface area contributed by atoms with Crippen LogP contribution >= 0.6 is 11.6 Å². The summed E-state index contributed by atoms with van der Waals surface area (Å²) in [6.45, 7) is 3.95. The number of halogens is 1. The fraction of sp³-hybridized carbons (Fsp3) is 0.500. The molecule has 22 heavy (non-hydrogen) atoms. The molecule has 0 saturated carbocycles. The number of ether oxygens (including phenoxy) is 2. The number of amides is 1. The van der Waals surface area contributed by atoms with Crippen molar-refractivity contribution in [2.24, 2.45) is 5.92 Å². The van der Waals surface area contributed by atoms with Crippen molar-refractivity contribution >= 4 is 23.5 Å². The largest absolute Gasteiger partial charge is 0.497 e. The van der Waals surface area contributed by atoms with Crippen molar-refractivity contribution in [3.8, 4) is 5.75 Å². The Morgan fingerprint density at radius 2 is 1.95 bits per heavy atom. The Labute approximate surface area is 135 Å². The molecule has 1 rings (SSSR count). The van der Waals surface area contributed by atoms with Gasteiger partial charge in [0, 0.05) is 5.02 Å². The van der Waals surface area contributed by atoms with Crippen LogP contribution in [0, 0.1) is 5.92 Å². The molecule has 0 saturated heterocycles. The molecule has 1 N–H and O–H groups in total. The highest BCUT2D eigenvalue weighted by Gasteiger charge is 2.22. The summed E-state index contributed by atoms with van der Waals surface area (Å²) in [5.74, 6) is 0.168. The molecule has 0 aliphatic rings. The Morgan fingerprint density at radius 3 is 2.45 bits per heavy atom. The molecule has 1 amide bonds. The zero-order valence-corrected chi connectivity index (χ0v) is 14.1. The van der Waals surface area contributed by atoms with Crippen molar-refractivity contribution in [2.45, 2.75) is 32.7 Å². The zero-order chi connectivity index (χ0) is 16.7. The highest BCUT2D eigenvalue weighted by Crippen LogP contribution is 2.22. The van der Waals surface area contributed by atoms with Crippen molar-refractivity contribution < 1.29 is 19.1 Å². The maximum atomic E-state index is 12.1. The fourth-order valence-electron chi connectivity index (χ4n) is 2.04. The summed E-state index contributed by atoms with van der Waals surface area (Å²) < 4.78 is 9.79. The number of methoxy groups -OCH3 is 2. The summed E-state index contributed by atoms with van der Waals surface area (Å²) in [5.41, 5.74) is 0.674. The number of carbonyl (C=O) groups excluding carboxylic acids is 2. The van der Waals surface area contributed by atoms with Gasteiger partial charge in [0.25, 0.3) is 0 Å². The summed E-state index contributed by atoms with van der Waals surface area (Å²) in [6.07, 6.45) is 0.614. The van der Waals surface area contributed by atoms with Crippen LogP contribution in [-0.4, -0.2) is 32.1 Å². The second-order valence-corrected chi connectivity index (χ2v) is 5.81. The molecule has 5 nitrogen and oxygen atoms in total. The van der Waals surface area contributed by atoms with Crippen LogP contribution in [0.3, 0.4) is 0 Å². The van der Waals surface area contributed by atoms with Gasteiger partial charge >= 0.3 is 5.97 Å². The Bertz CT molecular complexity index is 531. The predicted molar refractivity (Wildman–Crippen MR) is 85.1 cm³/mol. The molecular weight excluding hydrogens is 306 g/mol. The van der Waals surface area contributed by atoms with Gasteiger partial charge in [0.1, 0.15) is 11.8 Å². The van der Waals surface area contributed by atoms with E-state index in [1.807, 2.05) is 13.8 Å². The molecule has 6 heteroatoms. The molecule has 0 radical (unpaired) electrons. The van der Waals surface area contributed by atoms with Crippen LogP contribution in [0.15, 0.2) is 18.2 Å². The molecule has 0 aliphatic carbocycles. The average molecular weight is 328 g/mol. The molecule has 1 atom stereocenters. The van der Waals surface area contributed by atoms with E-state index in [1.54, 1.807) is 25.3 Å². The highest BCUT2D eigenvalue weighted by atomic mass is 35.5. The van der Waals surface area contributed by atoms with Gasteiger partial charge in [-0.3, -0.25) is 4.79 Å². The topological polar surface area (TPSA) is 64.6 Å². The van der Waals surface area contributed by atoms with E-state index in [1.165, 1.54) is 7.11 Å². The molecule has 122 valence electrons. The lowest BCUT2D eigenvalue weighted by molar-refractivity contribution is -0.145. The number of hydrogen-bond acceptors (Lipinski definition) is 4. The minimum Gasteiger partial charge on any atom is -0.497 e. The minimum atomic E-state index is -0.644. The quantitative estimate of drug-likeness (QED) is 0.782. The lowest BCUT2D eigenvalue weighted by Gasteiger charge is -2.18. The Kier molecular flexibility index (Phi) is 7.18. The third kappa shape index (κ3) is 5.56. The number of hydrogen-bond donors (Lipinski definition) is 1. The van der Waals surface area contributed by atoms with Gasteiger partial charge in [0.15, 0.2) is 0 Å². The van der Waals surface area contributed by atoms with E-state index in [2.05, 4.69) is 5.32 Å². The third-order valence-electron chi connectivity index (χ3n) is 3.14. The molecule has 0 heterocycles. The van der Waals surface area contributed by atoms with E-state index in [0.29, 0.717) is 22.8 Å². The van der Waals surface area contributed by atoms with Gasteiger partial charge in [0.2, 0.25) is 5.91 Å². The van der Waals surface area contributed by atoms with Gasteiger partial charge in [0.05, 0.1) is 20.6 Å². The summed E-state index contributed by atoms with van der Waals surface area (Å²) in [5, 5.41) is 3.15. The van der Waals surface area contributed by atoms with Gasteiger partial charge in [-0.25, -0.2) is 4.79 Å². The maximum absolute atomic E-state index is 12.1. The van der Waals surface area contributed by atoms with Gasteiger partial charge in [-0.05, 0) is 30.0 Å². The molecule has 0 spiro atoms. The first kappa shape index (κ1) is 18.3. The van der Waals surface area contributed by atoms with Crippen molar-refractivity contribution in [1.82, 2.24) is 5.32 Å². The third-order valence-corrected chi connectivity index (χ3v) is 3.49. The first-order valence-electron chi connectivity index (χ1n) is 7.07. The normalized spacial score (nSPS) is 11.9. The SMILES string of the molecule is COC(=O)[C@H](CC(C)C)NC(=O)Cc1ccc(OC)cc1Cl. The molecule has 0 fully saturated rings. The summed E-state index contributed by atoms with van der Waals surface area (Å²) in [6, 6.07) is 4.47. The zero-order valence-electron chi connectivity index (χ0n) is 13.3. The van der Waals surface area contributed by atoms with Gasteiger partial charge in [-0.15, -0.1) is 0 Å². The Hall–Kier alpha value is -1.75. The maximum Gasteiger partial charge on any atom is 0.328 e. The van der Waals surface area contributed by atoms with E-state index in [0.717, 1.165) is 0 Å². The average Bonchev–Trinajstić information content (AvgIpc) is 2.47. The molecule has 1 aromatic carbocycles. The summed E-state index contributed by atoms with van der Waals surface area (Å²) in [4.78, 5) is 23.8. The van der Waals surface area contributed by atoms with Crippen LogP contribution in [0.1, 0.15) is 25.8 Å². The van der Waals surface area contributed by atoms with E-state index in [-0.39, 0.29) is 18.2 Å². The van der Waals surface area contributed by atoms with Crippen LogP contribution in [0.25, 0.3) is 0 Å². The Morgan fingerprint density at radius 1 is 1.27 bits per heavy atom. The van der Waals surface area contributed by atoms with Crippen molar-refractivity contribution in [2.75, 3.05) is 14.2 Å². The van der Waals surface area contributed by atoms with Crippen LogP contribution in [0.2, 0.25) is 5.02 Å². The second kappa shape index (κ2) is 8.63.